The second-order valence-corrected chi connectivity index (χ2v) is 3.39. The van der Waals surface area contributed by atoms with Gasteiger partial charge in [0.25, 0.3) is 0 Å². The van der Waals surface area contributed by atoms with E-state index in [1.54, 1.807) is 17.9 Å². The minimum absolute atomic E-state index is 0.0687. The highest BCUT2D eigenvalue weighted by atomic mass is 35.5. The number of aryl methyl sites for hydroxylation is 1. The Balaban J connectivity index is 2.87. The van der Waals surface area contributed by atoms with Crippen LogP contribution < -0.4 is 0 Å². The molecule has 5 heteroatoms. The van der Waals surface area contributed by atoms with Crippen LogP contribution in [0.25, 0.3) is 0 Å². The summed E-state index contributed by atoms with van der Waals surface area (Å²) in [4.78, 5) is 14.3. The third-order valence-corrected chi connectivity index (χ3v) is 2.17. The van der Waals surface area contributed by atoms with E-state index in [0.717, 1.165) is 5.69 Å². The molecule has 1 atom stereocenters. The number of aromatic nitrogens is 2. The fraction of sp³-hybridized carbons (Fsp3) is 0.500. The van der Waals surface area contributed by atoms with Gasteiger partial charge in [-0.2, -0.15) is 0 Å². The fourth-order valence-corrected chi connectivity index (χ4v) is 1.68. The van der Waals surface area contributed by atoms with Crippen LogP contribution >= 0.6 is 11.6 Å². The molecule has 0 aliphatic rings. The van der Waals surface area contributed by atoms with Gasteiger partial charge >= 0.3 is 5.97 Å². The zero-order chi connectivity index (χ0) is 10.0. The van der Waals surface area contributed by atoms with Gasteiger partial charge in [0, 0.05) is 13.0 Å². The van der Waals surface area contributed by atoms with Gasteiger partial charge in [-0.1, -0.05) is 18.5 Å². The highest BCUT2D eigenvalue weighted by Crippen LogP contribution is 2.24. The average molecular weight is 203 g/mol. The lowest BCUT2D eigenvalue weighted by molar-refractivity contribution is -0.137. The van der Waals surface area contributed by atoms with Crippen molar-refractivity contribution in [2.75, 3.05) is 0 Å². The molecule has 0 spiro atoms. The Morgan fingerprint density at radius 3 is 2.85 bits per heavy atom. The average Bonchev–Trinajstić information content (AvgIpc) is 2.29. The lowest BCUT2D eigenvalue weighted by Crippen LogP contribution is -2.07. The summed E-state index contributed by atoms with van der Waals surface area (Å²) in [7, 11) is 1.80. The Hall–Kier alpha value is -1.03. The number of aliphatic carboxylic acids is 1. The van der Waals surface area contributed by atoms with Crippen molar-refractivity contribution in [1.29, 1.82) is 0 Å². The van der Waals surface area contributed by atoms with E-state index >= 15 is 0 Å². The number of rotatable bonds is 3. The van der Waals surface area contributed by atoms with Gasteiger partial charge in [0.05, 0.1) is 18.4 Å². The monoisotopic (exact) mass is 202 g/mol. The highest BCUT2D eigenvalue weighted by molar-refractivity contribution is 6.30. The Morgan fingerprint density at radius 1 is 1.85 bits per heavy atom. The third kappa shape index (κ3) is 2.21. The highest BCUT2D eigenvalue weighted by Gasteiger charge is 2.17. The van der Waals surface area contributed by atoms with Crippen LogP contribution in [0.5, 0.6) is 0 Å². The van der Waals surface area contributed by atoms with Crippen LogP contribution in [0.15, 0.2) is 6.33 Å². The maximum Gasteiger partial charge on any atom is 0.304 e. The molecule has 1 unspecified atom stereocenters. The van der Waals surface area contributed by atoms with Gasteiger partial charge in [-0.3, -0.25) is 4.79 Å². The number of imidazole rings is 1. The summed E-state index contributed by atoms with van der Waals surface area (Å²) in [6.45, 7) is 1.82. The molecule has 0 bridgehead atoms. The van der Waals surface area contributed by atoms with Crippen molar-refractivity contribution in [2.45, 2.75) is 19.3 Å². The first-order chi connectivity index (χ1) is 6.02. The molecule has 0 saturated heterocycles. The van der Waals surface area contributed by atoms with Gasteiger partial charge in [0.2, 0.25) is 0 Å². The summed E-state index contributed by atoms with van der Waals surface area (Å²) in [5.74, 6) is -0.942. The molecule has 72 valence electrons. The molecule has 0 aromatic carbocycles. The van der Waals surface area contributed by atoms with Crippen LogP contribution in [-0.4, -0.2) is 20.6 Å². The number of hydrogen-bond donors (Lipinski definition) is 1. The maximum atomic E-state index is 10.5. The first-order valence-electron chi connectivity index (χ1n) is 3.91. The second-order valence-electron chi connectivity index (χ2n) is 3.03. The quantitative estimate of drug-likeness (QED) is 0.811. The standard InChI is InChI=1S/C8H11ClN2O2/c1-5(3-6(12)13)7-8(9)10-4-11(7)2/h4-5H,3H2,1-2H3,(H,12,13). The smallest absolute Gasteiger partial charge is 0.304 e. The summed E-state index contributed by atoms with van der Waals surface area (Å²) in [5.41, 5.74) is 0.768. The van der Waals surface area contributed by atoms with E-state index in [4.69, 9.17) is 16.7 Å². The lowest BCUT2D eigenvalue weighted by Gasteiger charge is -2.09. The van der Waals surface area contributed by atoms with E-state index < -0.39 is 5.97 Å². The van der Waals surface area contributed by atoms with Crippen LogP contribution in [0.1, 0.15) is 25.0 Å². The molecule has 0 amide bonds. The molecular formula is C8H11ClN2O2. The van der Waals surface area contributed by atoms with Crippen LogP contribution in [0.3, 0.4) is 0 Å². The number of carboxylic acids is 1. The zero-order valence-corrected chi connectivity index (χ0v) is 8.25. The number of carbonyl (C=O) groups is 1. The predicted molar refractivity (Wildman–Crippen MR) is 48.9 cm³/mol. The molecule has 0 aliphatic carbocycles. The molecule has 1 aromatic heterocycles. The summed E-state index contributed by atoms with van der Waals surface area (Å²) in [5, 5.41) is 8.98. The van der Waals surface area contributed by atoms with E-state index in [0.29, 0.717) is 5.15 Å². The van der Waals surface area contributed by atoms with E-state index in [1.807, 2.05) is 6.92 Å². The SMILES string of the molecule is CC(CC(=O)O)c1c(Cl)ncn1C. The van der Waals surface area contributed by atoms with Crippen molar-refractivity contribution in [2.24, 2.45) is 7.05 Å². The number of halogens is 1. The molecule has 0 fully saturated rings. The normalized spacial score (nSPS) is 12.8. The minimum Gasteiger partial charge on any atom is -0.481 e. The molecule has 0 saturated carbocycles. The van der Waals surface area contributed by atoms with Crippen molar-refractivity contribution in [3.05, 3.63) is 17.2 Å². The van der Waals surface area contributed by atoms with Crippen LogP contribution in [0.4, 0.5) is 0 Å². The summed E-state index contributed by atoms with van der Waals surface area (Å²) in [6, 6.07) is 0. The maximum absolute atomic E-state index is 10.5. The van der Waals surface area contributed by atoms with Crippen molar-refractivity contribution in [1.82, 2.24) is 9.55 Å². The first kappa shape index (κ1) is 10.1. The zero-order valence-electron chi connectivity index (χ0n) is 7.49. The Kier molecular flexibility index (Phi) is 2.93. The van der Waals surface area contributed by atoms with E-state index in [9.17, 15) is 4.79 Å². The van der Waals surface area contributed by atoms with Crippen molar-refractivity contribution in [3.63, 3.8) is 0 Å². The van der Waals surface area contributed by atoms with E-state index in [-0.39, 0.29) is 12.3 Å². The van der Waals surface area contributed by atoms with Crippen LogP contribution in [-0.2, 0) is 11.8 Å². The van der Waals surface area contributed by atoms with Gasteiger partial charge in [0.1, 0.15) is 0 Å². The summed E-state index contributed by atoms with van der Waals surface area (Å²) in [6.07, 6.45) is 1.65. The molecule has 0 radical (unpaired) electrons. The van der Waals surface area contributed by atoms with Gasteiger partial charge < -0.3 is 9.67 Å². The predicted octanol–water partition coefficient (Wildman–Crippen LogP) is 1.65. The molecule has 1 N–H and O–H groups in total. The Morgan fingerprint density at radius 2 is 2.46 bits per heavy atom. The Labute approximate surface area is 81.2 Å². The topological polar surface area (TPSA) is 55.1 Å². The molecule has 13 heavy (non-hydrogen) atoms. The van der Waals surface area contributed by atoms with Gasteiger partial charge in [-0.15, -0.1) is 0 Å². The van der Waals surface area contributed by atoms with Gasteiger partial charge in [0.15, 0.2) is 5.15 Å². The summed E-state index contributed by atoms with van der Waals surface area (Å²) >= 11 is 5.80. The largest absolute Gasteiger partial charge is 0.481 e. The fourth-order valence-electron chi connectivity index (χ4n) is 1.32. The van der Waals surface area contributed by atoms with Crippen LogP contribution in [0.2, 0.25) is 5.15 Å². The molecular weight excluding hydrogens is 192 g/mol. The van der Waals surface area contributed by atoms with E-state index in [2.05, 4.69) is 4.98 Å². The number of hydrogen-bond acceptors (Lipinski definition) is 2. The number of nitrogens with zero attached hydrogens (tertiary/aromatic N) is 2. The molecule has 4 nitrogen and oxygen atoms in total. The molecule has 1 rings (SSSR count). The van der Waals surface area contributed by atoms with Crippen molar-refractivity contribution in [3.8, 4) is 0 Å². The summed E-state index contributed by atoms with van der Waals surface area (Å²) < 4.78 is 1.75. The molecule has 1 heterocycles. The number of carboxylic acid groups (broad SMARTS) is 1. The second kappa shape index (κ2) is 3.79. The van der Waals surface area contributed by atoms with E-state index in [1.165, 1.54) is 0 Å². The molecule has 1 aromatic rings. The first-order valence-corrected chi connectivity index (χ1v) is 4.28. The Bertz CT molecular complexity index is 302. The van der Waals surface area contributed by atoms with Crippen LogP contribution in [0, 0.1) is 0 Å². The lowest BCUT2D eigenvalue weighted by atomic mass is 10.1. The third-order valence-electron chi connectivity index (χ3n) is 1.88. The van der Waals surface area contributed by atoms with Crippen molar-refractivity contribution < 1.29 is 9.90 Å². The molecule has 0 aliphatic heterocycles. The minimum atomic E-state index is -0.829. The van der Waals surface area contributed by atoms with Crippen molar-refractivity contribution >= 4 is 17.6 Å². The van der Waals surface area contributed by atoms with Gasteiger partial charge in [-0.25, -0.2) is 4.98 Å². The van der Waals surface area contributed by atoms with Gasteiger partial charge in [-0.05, 0) is 0 Å².